The Bertz CT molecular complexity index is 634. The van der Waals surface area contributed by atoms with E-state index in [0.717, 1.165) is 30.8 Å². The third-order valence-electron chi connectivity index (χ3n) is 5.80. The van der Waals surface area contributed by atoms with E-state index in [4.69, 9.17) is 5.11 Å². The molecule has 0 aromatic carbocycles. The van der Waals surface area contributed by atoms with Gasteiger partial charge in [0.25, 0.3) is 0 Å². The Morgan fingerprint density at radius 2 is 2.07 bits per heavy atom. The minimum atomic E-state index is -1.21. The van der Waals surface area contributed by atoms with Crippen molar-refractivity contribution in [1.29, 1.82) is 0 Å². The number of carbonyl (C=O) groups is 2. The maximum atomic E-state index is 11.8. The first-order chi connectivity index (χ1) is 12.9. The molecule has 8 nitrogen and oxygen atoms in total. The van der Waals surface area contributed by atoms with Crippen LogP contribution in [0.25, 0.3) is 0 Å². The predicted octanol–water partition coefficient (Wildman–Crippen LogP) is -4.41. The molecule has 0 bridgehead atoms. The molecule has 6 atom stereocenters. The summed E-state index contributed by atoms with van der Waals surface area (Å²) in [7, 11) is 0. The minimum Gasteiger partial charge on any atom is -0.543 e. The maximum absolute atomic E-state index is 11.8. The van der Waals surface area contributed by atoms with Gasteiger partial charge in [-0.15, -0.1) is 11.8 Å². The van der Waals surface area contributed by atoms with Crippen LogP contribution in [-0.2, 0) is 9.59 Å². The fraction of sp³-hybridized carbons (Fsp3) is 0.778. The normalized spacial score (nSPS) is 36.1. The van der Waals surface area contributed by atoms with E-state index in [1.54, 1.807) is 23.6 Å². The molecule has 0 radical (unpaired) electrons. The molecule has 0 aromatic heterocycles. The molecular formula is C18H28N3NaO5S. The molecule has 152 valence electrons. The number of thioether (sulfide) groups is 1. The van der Waals surface area contributed by atoms with Gasteiger partial charge in [0.15, 0.2) is 0 Å². The molecule has 1 amide bonds. The first-order valence-electron chi connectivity index (χ1n) is 9.59. The number of aliphatic carboxylic acids is 1. The Kier molecular flexibility index (Phi) is 8.69. The molecule has 4 aliphatic heterocycles. The van der Waals surface area contributed by atoms with Crippen LogP contribution in [0.2, 0.25) is 0 Å². The van der Waals surface area contributed by atoms with Crippen molar-refractivity contribution < 1.29 is 54.5 Å². The molecule has 0 spiro atoms. The zero-order valence-electron chi connectivity index (χ0n) is 16.7. The SMILES string of the molecule is CC1C(SC2CNC(C3CCNC3=O)C2)=C(C(=O)[O-])N2C(O)CC12.CCO.[Na+]. The van der Waals surface area contributed by atoms with E-state index < -0.39 is 12.2 Å². The fourth-order valence-corrected chi connectivity index (χ4v) is 5.99. The van der Waals surface area contributed by atoms with Crippen LogP contribution in [0.4, 0.5) is 0 Å². The average Bonchev–Trinajstić information content (AvgIpc) is 3.28. The van der Waals surface area contributed by atoms with Gasteiger partial charge in [0.2, 0.25) is 5.91 Å². The van der Waals surface area contributed by atoms with Crippen LogP contribution in [0, 0.1) is 11.8 Å². The first kappa shape index (κ1) is 24.0. The number of rotatable bonds is 4. The molecule has 4 rings (SSSR count). The summed E-state index contributed by atoms with van der Waals surface area (Å²) in [5.41, 5.74) is 0.165. The Hall–Kier alpha value is -0.290. The number of aliphatic hydroxyl groups is 2. The van der Waals surface area contributed by atoms with Gasteiger partial charge in [-0.05, 0) is 19.8 Å². The Morgan fingerprint density at radius 1 is 1.39 bits per heavy atom. The van der Waals surface area contributed by atoms with Crippen molar-refractivity contribution in [2.75, 3.05) is 19.7 Å². The summed E-state index contributed by atoms with van der Waals surface area (Å²) in [5, 5.41) is 35.6. The first-order valence-corrected chi connectivity index (χ1v) is 10.5. The minimum absolute atomic E-state index is 0. The Labute approximate surface area is 191 Å². The van der Waals surface area contributed by atoms with Gasteiger partial charge in [-0.3, -0.25) is 4.79 Å². The zero-order chi connectivity index (χ0) is 19.7. The smallest absolute Gasteiger partial charge is 0.543 e. The van der Waals surface area contributed by atoms with Crippen molar-refractivity contribution in [1.82, 2.24) is 15.5 Å². The van der Waals surface area contributed by atoms with Gasteiger partial charge in [-0.25, -0.2) is 0 Å². The van der Waals surface area contributed by atoms with Crippen molar-refractivity contribution in [2.24, 2.45) is 11.8 Å². The number of aliphatic hydroxyl groups excluding tert-OH is 2. The summed E-state index contributed by atoms with van der Waals surface area (Å²) in [4.78, 5) is 25.8. The van der Waals surface area contributed by atoms with Gasteiger partial charge in [-0.1, -0.05) is 6.92 Å². The van der Waals surface area contributed by atoms with Crippen LogP contribution >= 0.6 is 11.8 Å². The average molecular weight is 421 g/mol. The van der Waals surface area contributed by atoms with E-state index in [2.05, 4.69) is 10.6 Å². The van der Waals surface area contributed by atoms with Gasteiger partial charge in [0.1, 0.15) is 6.23 Å². The quantitative estimate of drug-likeness (QED) is 0.336. The van der Waals surface area contributed by atoms with Crippen LogP contribution < -0.4 is 45.3 Å². The van der Waals surface area contributed by atoms with Crippen molar-refractivity contribution in [3.05, 3.63) is 10.6 Å². The van der Waals surface area contributed by atoms with E-state index in [1.807, 2.05) is 6.92 Å². The van der Waals surface area contributed by atoms with E-state index in [1.165, 1.54) is 0 Å². The Balaban J connectivity index is 0.000000660. The number of hydrogen-bond donors (Lipinski definition) is 4. The van der Waals surface area contributed by atoms with E-state index in [9.17, 15) is 19.8 Å². The second kappa shape index (κ2) is 10.1. The molecule has 4 N–H and O–H groups in total. The summed E-state index contributed by atoms with van der Waals surface area (Å²) in [6.45, 7) is 5.46. The van der Waals surface area contributed by atoms with Crippen LogP contribution in [0.5, 0.6) is 0 Å². The molecule has 0 aliphatic carbocycles. The number of amides is 1. The van der Waals surface area contributed by atoms with E-state index in [-0.39, 0.29) is 76.9 Å². The van der Waals surface area contributed by atoms with Crippen LogP contribution in [0.15, 0.2) is 10.6 Å². The molecule has 0 saturated carbocycles. The number of nitrogens with one attached hydrogen (secondary N) is 2. The number of hydrogen-bond acceptors (Lipinski definition) is 8. The summed E-state index contributed by atoms with van der Waals surface area (Å²) >= 11 is 1.58. The van der Waals surface area contributed by atoms with Crippen LogP contribution in [0.1, 0.15) is 33.1 Å². The second-order valence-electron chi connectivity index (χ2n) is 7.47. The van der Waals surface area contributed by atoms with Gasteiger partial charge in [-0.2, -0.15) is 0 Å². The summed E-state index contributed by atoms with van der Waals surface area (Å²) in [6, 6.07) is 0.234. The fourth-order valence-electron chi connectivity index (χ4n) is 4.48. The topological polar surface area (TPSA) is 125 Å². The third-order valence-corrected chi connectivity index (χ3v) is 7.31. The summed E-state index contributed by atoms with van der Waals surface area (Å²) < 4.78 is 0. The standard InChI is InChI=1S/C16H23N3O4S.C2H6O.Na/c1-7-11-5-12(20)19(11)13(16(22)23)14(7)24-8-4-10(18-6-8)9-2-3-17-15(9)21;1-2-3;/h7-12,18,20H,2-6H2,1H3,(H,17,21)(H,22,23);3H,2H2,1H3;/q;;+1/p-1. The van der Waals surface area contributed by atoms with Crippen LogP contribution in [0.3, 0.4) is 0 Å². The number of carbonyl (C=O) groups excluding carboxylic acids is 2. The van der Waals surface area contributed by atoms with Crippen molar-refractivity contribution in [3.8, 4) is 0 Å². The number of fused-ring (bicyclic) bond motifs is 1. The number of carboxylic acid groups (broad SMARTS) is 1. The Morgan fingerprint density at radius 3 is 2.61 bits per heavy atom. The number of carboxylic acids is 1. The molecule has 0 aromatic rings. The van der Waals surface area contributed by atoms with Crippen LogP contribution in [-0.4, -0.2) is 70.2 Å². The van der Waals surface area contributed by atoms with Gasteiger partial charge >= 0.3 is 29.6 Å². The van der Waals surface area contributed by atoms with Crippen molar-refractivity contribution in [2.45, 2.75) is 56.7 Å². The summed E-state index contributed by atoms with van der Waals surface area (Å²) in [6.07, 6.45) is 1.61. The molecule has 6 unspecified atom stereocenters. The summed E-state index contributed by atoms with van der Waals surface area (Å²) in [5.74, 6) is -0.967. The maximum Gasteiger partial charge on any atom is 1.00 e. The largest absolute Gasteiger partial charge is 1.00 e. The zero-order valence-corrected chi connectivity index (χ0v) is 19.5. The molecule has 3 saturated heterocycles. The van der Waals surface area contributed by atoms with Gasteiger partial charge < -0.3 is 35.6 Å². The molecule has 10 heteroatoms. The van der Waals surface area contributed by atoms with Crippen molar-refractivity contribution >= 4 is 23.6 Å². The molecule has 4 aliphatic rings. The number of nitrogens with zero attached hydrogens (tertiary/aromatic N) is 1. The molecule has 3 fully saturated rings. The molecular weight excluding hydrogens is 393 g/mol. The van der Waals surface area contributed by atoms with E-state index in [0.29, 0.717) is 6.42 Å². The molecule has 28 heavy (non-hydrogen) atoms. The second-order valence-corrected chi connectivity index (χ2v) is 8.81. The monoisotopic (exact) mass is 421 g/mol. The third kappa shape index (κ3) is 4.55. The predicted molar refractivity (Wildman–Crippen MR) is 99.1 cm³/mol. The van der Waals surface area contributed by atoms with Gasteiger partial charge in [0.05, 0.1) is 17.6 Å². The van der Waals surface area contributed by atoms with E-state index >= 15 is 0 Å². The van der Waals surface area contributed by atoms with Gasteiger partial charge in [0, 0.05) is 54.3 Å². The molecule has 4 heterocycles. The van der Waals surface area contributed by atoms with Crippen molar-refractivity contribution in [3.63, 3.8) is 0 Å².